The molecule has 1 saturated heterocycles. The van der Waals surface area contributed by atoms with E-state index < -0.39 is 21.6 Å². The third-order valence-electron chi connectivity index (χ3n) is 3.15. The summed E-state index contributed by atoms with van der Waals surface area (Å²) in [5.41, 5.74) is -1.38. The summed E-state index contributed by atoms with van der Waals surface area (Å²) >= 11 is 3.05. The van der Waals surface area contributed by atoms with Gasteiger partial charge in [-0.15, -0.1) is 0 Å². The number of rotatable bonds is 5. The first kappa shape index (κ1) is 16.4. The quantitative estimate of drug-likeness (QED) is 0.689. The van der Waals surface area contributed by atoms with E-state index in [9.17, 15) is 18.3 Å². The Morgan fingerprint density at radius 2 is 2.19 bits per heavy atom. The van der Waals surface area contributed by atoms with Gasteiger partial charge in [-0.25, -0.2) is 17.9 Å². The maximum absolute atomic E-state index is 12.1. The summed E-state index contributed by atoms with van der Waals surface area (Å²) in [4.78, 5) is 10.8. The van der Waals surface area contributed by atoms with Gasteiger partial charge in [0.25, 0.3) is 0 Å². The minimum Gasteiger partial charge on any atom is -0.478 e. The molecule has 1 fully saturated rings. The molecule has 1 aliphatic heterocycles. The monoisotopic (exact) mass is 379 g/mol. The molecule has 0 radical (unpaired) electrons. The van der Waals surface area contributed by atoms with Crippen LogP contribution in [0.15, 0.2) is 27.6 Å². The van der Waals surface area contributed by atoms with Gasteiger partial charge in [-0.3, -0.25) is 0 Å². The molecule has 0 saturated carbocycles. The number of hydrogen-bond donors (Lipinski definition) is 3. The molecule has 0 aliphatic carbocycles. The van der Waals surface area contributed by atoms with Crippen molar-refractivity contribution < 1.29 is 28.2 Å². The van der Waals surface area contributed by atoms with Crippen LogP contribution >= 0.6 is 15.9 Å². The zero-order chi connectivity index (χ0) is 15.7. The van der Waals surface area contributed by atoms with Crippen LogP contribution in [0.1, 0.15) is 16.8 Å². The number of hydrogen-bond acceptors (Lipinski definition) is 5. The first-order valence-corrected chi connectivity index (χ1v) is 8.34. The number of halogens is 1. The van der Waals surface area contributed by atoms with E-state index in [1.807, 2.05) is 0 Å². The molecule has 0 spiro atoms. The van der Waals surface area contributed by atoms with Gasteiger partial charge >= 0.3 is 5.97 Å². The van der Waals surface area contributed by atoms with Gasteiger partial charge in [0.15, 0.2) is 0 Å². The molecule has 0 aromatic heterocycles. The normalized spacial score (nSPS) is 22.4. The van der Waals surface area contributed by atoms with Crippen molar-refractivity contribution in [2.75, 3.05) is 19.8 Å². The van der Waals surface area contributed by atoms with Crippen molar-refractivity contribution in [3.8, 4) is 0 Å². The first-order chi connectivity index (χ1) is 9.73. The average molecular weight is 380 g/mol. The van der Waals surface area contributed by atoms with Gasteiger partial charge in [0.05, 0.1) is 17.1 Å². The van der Waals surface area contributed by atoms with E-state index in [0.29, 0.717) is 13.0 Å². The third kappa shape index (κ3) is 3.80. The Labute approximate surface area is 130 Å². The SMILES string of the molecule is O=C(O)c1cc(S(=O)(=O)NCC2(O)CCOC2)ccc1Br. The van der Waals surface area contributed by atoms with Crippen LogP contribution in [0.3, 0.4) is 0 Å². The van der Waals surface area contributed by atoms with Gasteiger partial charge in [-0.05, 0) is 34.1 Å². The molecule has 0 bridgehead atoms. The lowest BCUT2D eigenvalue weighted by molar-refractivity contribution is 0.0314. The fourth-order valence-corrected chi connectivity index (χ4v) is 3.45. The Hall–Kier alpha value is -1.00. The lowest BCUT2D eigenvalue weighted by Gasteiger charge is -2.20. The van der Waals surface area contributed by atoms with E-state index in [2.05, 4.69) is 20.7 Å². The fourth-order valence-electron chi connectivity index (χ4n) is 1.88. The predicted octanol–water partition coefficient (Wildman–Crippen LogP) is 0.577. The zero-order valence-electron chi connectivity index (χ0n) is 10.9. The molecule has 1 atom stereocenters. The Morgan fingerprint density at radius 1 is 1.48 bits per heavy atom. The maximum Gasteiger partial charge on any atom is 0.336 e. The molecule has 9 heteroatoms. The molecule has 116 valence electrons. The summed E-state index contributed by atoms with van der Waals surface area (Å²) in [6.07, 6.45) is 0.343. The van der Waals surface area contributed by atoms with Crippen LogP contribution in [-0.2, 0) is 14.8 Å². The topological polar surface area (TPSA) is 113 Å². The molecule has 7 nitrogen and oxygen atoms in total. The number of ether oxygens (including phenoxy) is 1. The zero-order valence-corrected chi connectivity index (χ0v) is 13.3. The molecular weight excluding hydrogens is 366 g/mol. The van der Waals surface area contributed by atoms with Crippen molar-refractivity contribution >= 4 is 31.9 Å². The Balaban J connectivity index is 2.19. The van der Waals surface area contributed by atoms with Crippen LogP contribution in [0.4, 0.5) is 0 Å². The van der Waals surface area contributed by atoms with Crippen LogP contribution in [0.2, 0.25) is 0 Å². The van der Waals surface area contributed by atoms with E-state index in [-0.39, 0.29) is 28.1 Å². The van der Waals surface area contributed by atoms with Crippen LogP contribution in [0.25, 0.3) is 0 Å². The van der Waals surface area contributed by atoms with Crippen LogP contribution in [-0.4, -0.2) is 50.0 Å². The van der Waals surface area contributed by atoms with Crippen molar-refractivity contribution in [3.05, 3.63) is 28.2 Å². The largest absolute Gasteiger partial charge is 0.478 e. The van der Waals surface area contributed by atoms with Crippen molar-refractivity contribution in [1.82, 2.24) is 4.72 Å². The highest BCUT2D eigenvalue weighted by molar-refractivity contribution is 9.10. The van der Waals surface area contributed by atoms with E-state index in [1.165, 1.54) is 12.1 Å². The smallest absolute Gasteiger partial charge is 0.336 e. The minimum absolute atomic E-state index is 0.0657. The van der Waals surface area contributed by atoms with Gasteiger partial charge in [0.2, 0.25) is 10.0 Å². The molecule has 1 unspecified atom stereocenters. The van der Waals surface area contributed by atoms with E-state index in [1.54, 1.807) is 0 Å². The average Bonchev–Trinajstić information content (AvgIpc) is 2.84. The van der Waals surface area contributed by atoms with Gasteiger partial charge < -0.3 is 14.9 Å². The van der Waals surface area contributed by atoms with Crippen molar-refractivity contribution in [1.29, 1.82) is 0 Å². The van der Waals surface area contributed by atoms with Crippen LogP contribution in [0.5, 0.6) is 0 Å². The van der Waals surface area contributed by atoms with Gasteiger partial charge in [-0.2, -0.15) is 0 Å². The van der Waals surface area contributed by atoms with Crippen molar-refractivity contribution in [2.45, 2.75) is 16.9 Å². The molecule has 21 heavy (non-hydrogen) atoms. The summed E-state index contributed by atoms with van der Waals surface area (Å²) in [6, 6.07) is 3.70. The summed E-state index contributed by atoms with van der Waals surface area (Å²) in [5.74, 6) is -1.23. The predicted molar refractivity (Wildman–Crippen MR) is 76.7 cm³/mol. The van der Waals surface area contributed by atoms with E-state index in [4.69, 9.17) is 9.84 Å². The number of nitrogens with one attached hydrogen (secondary N) is 1. The number of carboxylic acid groups (broad SMARTS) is 1. The third-order valence-corrected chi connectivity index (χ3v) is 5.24. The summed E-state index contributed by atoms with van der Waals surface area (Å²) in [6.45, 7) is 0.254. The lowest BCUT2D eigenvalue weighted by atomic mass is 10.1. The molecule has 1 aromatic carbocycles. The molecule has 0 amide bonds. The molecule has 1 aromatic rings. The Kier molecular flexibility index (Phi) is 4.69. The van der Waals surface area contributed by atoms with E-state index >= 15 is 0 Å². The second-order valence-electron chi connectivity index (χ2n) is 4.80. The molecular formula is C12H14BrNO6S. The van der Waals surface area contributed by atoms with Gasteiger partial charge in [0.1, 0.15) is 5.60 Å². The second kappa shape index (κ2) is 6.01. The summed E-state index contributed by atoms with van der Waals surface area (Å²) < 4.78 is 31.9. The minimum atomic E-state index is -3.91. The molecule has 2 rings (SSSR count). The fraction of sp³-hybridized carbons (Fsp3) is 0.417. The summed E-state index contributed by atoms with van der Waals surface area (Å²) in [5, 5.41) is 19.0. The lowest BCUT2D eigenvalue weighted by Crippen LogP contribution is -2.43. The molecule has 1 heterocycles. The highest BCUT2D eigenvalue weighted by Crippen LogP contribution is 2.22. The Bertz CT molecular complexity index is 654. The van der Waals surface area contributed by atoms with Crippen molar-refractivity contribution in [2.24, 2.45) is 0 Å². The molecule has 3 N–H and O–H groups in total. The van der Waals surface area contributed by atoms with Crippen LogP contribution < -0.4 is 4.72 Å². The number of carbonyl (C=O) groups is 1. The van der Waals surface area contributed by atoms with Crippen molar-refractivity contribution in [3.63, 3.8) is 0 Å². The highest BCUT2D eigenvalue weighted by atomic mass is 79.9. The summed E-state index contributed by atoms with van der Waals surface area (Å²) in [7, 11) is -3.91. The van der Waals surface area contributed by atoms with Gasteiger partial charge in [-0.1, -0.05) is 0 Å². The number of aromatic carboxylic acids is 1. The highest BCUT2D eigenvalue weighted by Gasteiger charge is 2.33. The number of aliphatic hydroxyl groups is 1. The first-order valence-electron chi connectivity index (χ1n) is 6.06. The Morgan fingerprint density at radius 3 is 2.76 bits per heavy atom. The number of carboxylic acids is 1. The second-order valence-corrected chi connectivity index (χ2v) is 7.42. The molecule has 1 aliphatic rings. The number of sulfonamides is 1. The maximum atomic E-state index is 12.1. The standard InChI is InChI=1S/C12H14BrNO6S/c13-10-2-1-8(5-9(10)11(15)16)21(18,19)14-6-12(17)3-4-20-7-12/h1-2,5,14,17H,3-4,6-7H2,(H,15,16). The van der Waals surface area contributed by atoms with Crippen LogP contribution in [0, 0.1) is 0 Å². The number of benzene rings is 1. The van der Waals surface area contributed by atoms with Gasteiger partial charge in [0, 0.05) is 24.0 Å². The van der Waals surface area contributed by atoms with E-state index in [0.717, 1.165) is 6.07 Å².